The third-order valence-electron chi connectivity index (χ3n) is 4.72. The van der Waals surface area contributed by atoms with Crippen LogP contribution in [0.15, 0.2) is 12.7 Å². The molecule has 0 radical (unpaired) electrons. The summed E-state index contributed by atoms with van der Waals surface area (Å²) in [6.07, 6.45) is 9.07. The molecular weight excluding hydrogens is 208 g/mol. The largest absolute Gasteiger partial charge is 0.311 e. The van der Waals surface area contributed by atoms with E-state index >= 15 is 0 Å². The molecule has 2 aliphatic rings. The smallest absolute Gasteiger partial charge is 0.0338 e. The fourth-order valence-corrected chi connectivity index (χ4v) is 3.50. The first-order valence-electron chi connectivity index (χ1n) is 7.27. The zero-order chi connectivity index (χ0) is 12.3. The molecule has 0 aromatic carbocycles. The van der Waals surface area contributed by atoms with Crippen molar-refractivity contribution in [1.29, 1.82) is 0 Å². The average Bonchev–Trinajstić information content (AvgIpc) is 2.33. The normalized spacial score (nSPS) is 29.7. The van der Waals surface area contributed by atoms with Crippen molar-refractivity contribution in [2.45, 2.75) is 57.5 Å². The van der Waals surface area contributed by atoms with Crippen LogP contribution in [-0.4, -0.2) is 36.1 Å². The molecule has 1 unspecified atom stereocenters. The number of hydrogen-bond donors (Lipinski definition) is 1. The van der Waals surface area contributed by atoms with Crippen LogP contribution in [0.5, 0.6) is 0 Å². The SMILES string of the molecule is C=CCN1CC(C(C)C)NCC12CCCCC2. The van der Waals surface area contributed by atoms with Crippen LogP contribution in [-0.2, 0) is 0 Å². The van der Waals surface area contributed by atoms with E-state index in [1.165, 1.54) is 45.2 Å². The standard InChI is InChI=1S/C15H28N2/c1-4-10-17-11-14(13(2)3)16-12-15(17)8-6-5-7-9-15/h4,13-14,16H,1,5-12H2,2-3H3. The van der Waals surface area contributed by atoms with Gasteiger partial charge in [-0.1, -0.05) is 39.2 Å². The van der Waals surface area contributed by atoms with Crippen molar-refractivity contribution in [2.24, 2.45) is 5.92 Å². The second-order valence-corrected chi connectivity index (χ2v) is 6.21. The lowest BCUT2D eigenvalue weighted by atomic mass is 9.77. The van der Waals surface area contributed by atoms with Crippen molar-refractivity contribution in [2.75, 3.05) is 19.6 Å². The molecule has 1 atom stereocenters. The van der Waals surface area contributed by atoms with Gasteiger partial charge in [-0.15, -0.1) is 6.58 Å². The first-order chi connectivity index (χ1) is 8.18. The summed E-state index contributed by atoms with van der Waals surface area (Å²) >= 11 is 0. The van der Waals surface area contributed by atoms with E-state index in [1.54, 1.807) is 0 Å². The Kier molecular flexibility index (Phi) is 4.26. The molecule has 1 aliphatic carbocycles. The quantitative estimate of drug-likeness (QED) is 0.758. The molecule has 2 nitrogen and oxygen atoms in total. The highest BCUT2D eigenvalue weighted by Gasteiger charge is 2.41. The van der Waals surface area contributed by atoms with Gasteiger partial charge in [0.15, 0.2) is 0 Å². The van der Waals surface area contributed by atoms with Gasteiger partial charge in [0.25, 0.3) is 0 Å². The van der Waals surface area contributed by atoms with E-state index in [0.29, 0.717) is 11.6 Å². The van der Waals surface area contributed by atoms with E-state index in [-0.39, 0.29) is 0 Å². The van der Waals surface area contributed by atoms with Gasteiger partial charge in [0.2, 0.25) is 0 Å². The molecule has 2 fully saturated rings. The van der Waals surface area contributed by atoms with Crippen LogP contribution in [0.25, 0.3) is 0 Å². The molecule has 98 valence electrons. The van der Waals surface area contributed by atoms with Crippen LogP contribution in [0.1, 0.15) is 46.0 Å². The van der Waals surface area contributed by atoms with Crippen molar-refractivity contribution in [3.8, 4) is 0 Å². The van der Waals surface area contributed by atoms with Crippen LogP contribution in [0.3, 0.4) is 0 Å². The number of piperazine rings is 1. The van der Waals surface area contributed by atoms with Crippen molar-refractivity contribution < 1.29 is 0 Å². The van der Waals surface area contributed by atoms with Gasteiger partial charge in [0, 0.05) is 31.2 Å². The Morgan fingerprint density at radius 2 is 2.06 bits per heavy atom. The van der Waals surface area contributed by atoms with Gasteiger partial charge in [-0.05, 0) is 18.8 Å². The lowest BCUT2D eigenvalue weighted by molar-refractivity contribution is 0.0113. The van der Waals surface area contributed by atoms with E-state index in [1.807, 2.05) is 0 Å². The zero-order valence-corrected chi connectivity index (χ0v) is 11.5. The molecule has 1 spiro atoms. The molecule has 0 aromatic heterocycles. The van der Waals surface area contributed by atoms with Crippen LogP contribution in [0.4, 0.5) is 0 Å². The summed E-state index contributed by atoms with van der Waals surface area (Å²) in [5.41, 5.74) is 0.442. The number of hydrogen-bond acceptors (Lipinski definition) is 2. The van der Waals surface area contributed by atoms with Crippen LogP contribution < -0.4 is 5.32 Å². The topological polar surface area (TPSA) is 15.3 Å². The van der Waals surface area contributed by atoms with Crippen LogP contribution in [0, 0.1) is 5.92 Å². The summed E-state index contributed by atoms with van der Waals surface area (Å²) in [5, 5.41) is 3.79. The first kappa shape index (κ1) is 13.1. The van der Waals surface area contributed by atoms with Crippen molar-refractivity contribution in [1.82, 2.24) is 10.2 Å². The molecule has 1 saturated carbocycles. The van der Waals surface area contributed by atoms with E-state index in [9.17, 15) is 0 Å². The summed E-state index contributed by atoms with van der Waals surface area (Å²) in [5.74, 6) is 0.725. The molecular formula is C15H28N2. The van der Waals surface area contributed by atoms with Crippen molar-refractivity contribution in [3.05, 3.63) is 12.7 Å². The first-order valence-corrected chi connectivity index (χ1v) is 7.27. The van der Waals surface area contributed by atoms with Gasteiger partial charge in [-0.25, -0.2) is 0 Å². The van der Waals surface area contributed by atoms with Crippen LogP contribution in [0.2, 0.25) is 0 Å². The van der Waals surface area contributed by atoms with Crippen molar-refractivity contribution >= 4 is 0 Å². The molecule has 1 saturated heterocycles. The van der Waals surface area contributed by atoms with Gasteiger partial charge in [-0.2, -0.15) is 0 Å². The Bertz CT molecular complexity index is 254. The van der Waals surface area contributed by atoms with Gasteiger partial charge >= 0.3 is 0 Å². The Hall–Kier alpha value is -0.340. The minimum Gasteiger partial charge on any atom is -0.311 e. The molecule has 1 N–H and O–H groups in total. The second-order valence-electron chi connectivity index (χ2n) is 6.21. The highest BCUT2D eigenvalue weighted by atomic mass is 15.3. The third-order valence-corrected chi connectivity index (χ3v) is 4.72. The lowest BCUT2D eigenvalue weighted by Gasteiger charge is -2.52. The molecule has 2 heteroatoms. The molecule has 1 heterocycles. The Labute approximate surface area is 106 Å². The summed E-state index contributed by atoms with van der Waals surface area (Å²) in [6, 6.07) is 0.655. The van der Waals surface area contributed by atoms with E-state index in [2.05, 4.69) is 36.7 Å². The fourth-order valence-electron chi connectivity index (χ4n) is 3.50. The zero-order valence-electron chi connectivity index (χ0n) is 11.5. The summed E-state index contributed by atoms with van der Waals surface area (Å²) < 4.78 is 0. The van der Waals surface area contributed by atoms with Crippen molar-refractivity contribution in [3.63, 3.8) is 0 Å². The highest BCUT2D eigenvalue weighted by Crippen LogP contribution is 2.35. The predicted molar refractivity (Wildman–Crippen MR) is 74.2 cm³/mol. The Balaban J connectivity index is 2.07. The Morgan fingerprint density at radius 1 is 1.35 bits per heavy atom. The molecule has 1 aliphatic heterocycles. The lowest BCUT2D eigenvalue weighted by Crippen LogP contribution is -2.66. The molecule has 17 heavy (non-hydrogen) atoms. The Morgan fingerprint density at radius 3 is 2.65 bits per heavy atom. The summed E-state index contributed by atoms with van der Waals surface area (Å²) in [4.78, 5) is 2.71. The minimum absolute atomic E-state index is 0.442. The molecule has 2 rings (SSSR count). The maximum Gasteiger partial charge on any atom is 0.0338 e. The van der Waals surface area contributed by atoms with E-state index in [4.69, 9.17) is 0 Å². The monoisotopic (exact) mass is 236 g/mol. The van der Waals surface area contributed by atoms with Gasteiger partial charge < -0.3 is 5.32 Å². The van der Waals surface area contributed by atoms with Gasteiger partial charge in [0.1, 0.15) is 0 Å². The molecule has 0 aromatic rings. The molecule has 0 amide bonds. The fraction of sp³-hybridized carbons (Fsp3) is 0.867. The number of nitrogens with zero attached hydrogens (tertiary/aromatic N) is 1. The highest BCUT2D eigenvalue weighted by molar-refractivity contribution is 5.02. The second kappa shape index (κ2) is 5.53. The summed E-state index contributed by atoms with van der Waals surface area (Å²) in [6.45, 7) is 12.0. The average molecular weight is 236 g/mol. The minimum atomic E-state index is 0.442. The van der Waals surface area contributed by atoms with E-state index in [0.717, 1.165) is 12.5 Å². The molecule has 0 bridgehead atoms. The van der Waals surface area contributed by atoms with Gasteiger partial charge in [0.05, 0.1) is 0 Å². The third kappa shape index (κ3) is 2.74. The number of rotatable bonds is 3. The van der Waals surface area contributed by atoms with Crippen LogP contribution >= 0.6 is 0 Å². The maximum atomic E-state index is 3.94. The van der Waals surface area contributed by atoms with E-state index < -0.39 is 0 Å². The summed E-state index contributed by atoms with van der Waals surface area (Å²) in [7, 11) is 0. The maximum absolute atomic E-state index is 3.94. The predicted octanol–water partition coefficient (Wildman–Crippen LogP) is 2.81. The number of nitrogens with one attached hydrogen (secondary N) is 1. The van der Waals surface area contributed by atoms with Gasteiger partial charge in [-0.3, -0.25) is 4.90 Å².